The Labute approximate surface area is 174 Å². The molecular formula is C21H20N4O3S. The Bertz CT molecular complexity index is 921. The summed E-state index contributed by atoms with van der Waals surface area (Å²) >= 11 is 5.33. The first-order valence-corrected chi connectivity index (χ1v) is 9.33. The van der Waals surface area contributed by atoms with Crippen LogP contribution in [0.5, 0.6) is 0 Å². The zero-order chi connectivity index (χ0) is 21.1. The minimum absolute atomic E-state index is 0.0145. The second-order valence-corrected chi connectivity index (χ2v) is 6.49. The molecule has 8 heteroatoms. The molecule has 0 unspecified atom stereocenters. The average molecular weight is 408 g/mol. The second-order valence-electron chi connectivity index (χ2n) is 6.11. The molecule has 0 aliphatic carbocycles. The van der Waals surface area contributed by atoms with Gasteiger partial charge in [0.1, 0.15) is 0 Å². The maximum Gasteiger partial charge on any atom is 0.269 e. The van der Waals surface area contributed by atoms with Crippen molar-refractivity contribution in [1.29, 1.82) is 5.26 Å². The molecule has 0 spiro atoms. The number of hydrogen-bond donors (Lipinski definition) is 1. The van der Waals surface area contributed by atoms with Crippen LogP contribution in [0.15, 0.2) is 60.7 Å². The summed E-state index contributed by atoms with van der Waals surface area (Å²) < 4.78 is 0. The molecule has 0 saturated heterocycles. The molecule has 0 atom stereocenters. The third kappa shape index (κ3) is 7.52. The third-order valence-corrected chi connectivity index (χ3v) is 4.42. The van der Waals surface area contributed by atoms with E-state index < -0.39 is 10.8 Å². The van der Waals surface area contributed by atoms with Crippen molar-refractivity contribution in [2.24, 2.45) is 0 Å². The molecule has 2 rings (SSSR count). The summed E-state index contributed by atoms with van der Waals surface area (Å²) in [5, 5.41) is 22.4. The number of non-ortho nitro benzene ring substituents is 1. The number of hydrogen-bond acceptors (Lipinski definition) is 5. The Hall–Kier alpha value is -3.57. The Balaban J connectivity index is 1.93. The van der Waals surface area contributed by atoms with Crippen LogP contribution in [-0.2, 0) is 11.2 Å². The van der Waals surface area contributed by atoms with Crippen LogP contribution in [0.2, 0.25) is 0 Å². The molecule has 0 heterocycles. The van der Waals surface area contributed by atoms with E-state index >= 15 is 0 Å². The molecule has 2 aromatic rings. The average Bonchev–Trinajstić information content (AvgIpc) is 2.73. The SMILES string of the molecule is N#CCCN(CCc1ccccc1)C(=S)NC(=O)/C=C/c1ccc([N+](=O)[O-])cc1. The molecule has 0 aliphatic heterocycles. The second kappa shape index (κ2) is 11.3. The number of carbonyl (C=O) groups excluding carboxylic acids is 1. The molecule has 0 fully saturated rings. The normalized spacial score (nSPS) is 10.3. The highest BCUT2D eigenvalue weighted by molar-refractivity contribution is 7.80. The molecule has 2 aromatic carbocycles. The lowest BCUT2D eigenvalue weighted by Gasteiger charge is -2.24. The van der Waals surface area contributed by atoms with Crippen molar-refractivity contribution in [1.82, 2.24) is 10.2 Å². The number of amides is 1. The highest BCUT2D eigenvalue weighted by Gasteiger charge is 2.11. The molecule has 1 amide bonds. The molecule has 29 heavy (non-hydrogen) atoms. The maximum atomic E-state index is 12.2. The van der Waals surface area contributed by atoms with Crippen molar-refractivity contribution in [3.63, 3.8) is 0 Å². The quantitative estimate of drug-likeness (QED) is 0.311. The number of carbonyl (C=O) groups is 1. The number of rotatable bonds is 8. The van der Waals surface area contributed by atoms with Crippen molar-refractivity contribution in [3.05, 3.63) is 81.9 Å². The molecule has 7 nitrogen and oxygen atoms in total. The van der Waals surface area contributed by atoms with Crippen molar-refractivity contribution < 1.29 is 9.72 Å². The summed E-state index contributed by atoms with van der Waals surface area (Å²) in [4.78, 5) is 24.1. The van der Waals surface area contributed by atoms with Crippen LogP contribution in [0.1, 0.15) is 17.5 Å². The van der Waals surface area contributed by atoms with Gasteiger partial charge in [0.15, 0.2) is 5.11 Å². The minimum atomic E-state index is -0.482. The molecule has 0 aromatic heterocycles. The Morgan fingerprint density at radius 1 is 1.17 bits per heavy atom. The zero-order valence-electron chi connectivity index (χ0n) is 15.7. The molecule has 0 aliphatic rings. The van der Waals surface area contributed by atoms with Gasteiger partial charge >= 0.3 is 0 Å². The minimum Gasteiger partial charge on any atom is -0.348 e. The fourth-order valence-corrected chi connectivity index (χ4v) is 2.80. The van der Waals surface area contributed by atoms with E-state index in [2.05, 4.69) is 11.4 Å². The zero-order valence-corrected chi connectivity index (χ0v) is 16.5. The summed E-state index contributed by atoms with van der Waals surface area (Å²) in [6.45, 7) is 1.01. The summed E-state index contributed by atoms with van der Waals surface area (Å²) in [5.41, 5.74) is 1.78. The van der Waals surface area contributed by atoms with Crippen LogP contribution in [-0.4, -0.2) is 33.9 Å². The molecule has 0 radical (unpaired) electrons. The van der Waals surface area contributed by atoms with Crippen LogP contribution in [0, 0.1) is 21.4 Å². The fourth-order valence-electron chi connectivity index (χ4n) is 2.51. The van der Waals surface area contributed by atoms with Crippen molar-refractivity contribution >= 4 is 35.0 Å². The van der Waals surface area contributed by atoms with Crippen LogP contribution < -0.4 is 5.32 Å². The van der Waals surface area contributed by atoms with Gasteiger partial charge < -0.3 is 4.90 Å². The van der Waals surface area contributed by atoms with E-state index in [4.69, 9.17) is 17.5 Å². The Kier molecular flexibility index (Phi) is 8.48. The van der Waals surface area contributed by atoms with Crippen LogP contribution in [0.3, 0.4) is 0 Å². The molecule has 148 valence electrons. The van der Waals surface area contributed by atoms with Gasteiger partial charge in [-0.1, -0.05) is 30.3 Å². The maximum absolute atomic E-state index is 12.2. The third-order valence-electron chi connectivity index (χ3n) is 4.06. The lowest BCUT2D eigenvalue weighted by Crippen LogP contribution is -2.43. The lowest BCUT2D eigenvalue weighted by atomic mass is 10.1. The number of thiocarbonyl (C=S) groups is 1. The van der Waals surface area contributed by atoms with E-state index in [1.807, 2.05) is 30.3 Å². The summed E-state index contributed by atoms with van der Waals surface area (Å²) in [6, 6.07) is 17.8. The van der Waals surface area contributed by atoms with E-state index in [9.17, 15) is 14.9 Å². The summed E-state index contributed by atoms with van der Waals surface area (Å²) in [7, 11) is 0. The van der Waals surface area contributed by atoms with E-state index in [0.29, 0.717) is 25.1 Å². The number of nitrogens with one attached hydrogen (secondary N) is 1. The van der Waals surface area contributed by atoms with Gasteiger partial charge in [-0.3, -0.25) is 20.2 Å². The van der Waals surface area contributed by atoms with Gasteiger partial charge in [-0.15, -0.1) is 0 Å². The standard InChI is InChI=1S/C21H20N4O3S/c22-14-4-15-24(16-13-17-5-2-1-3-6-17)21(29)23-20(26)12-9-18-7-10-19(11-8-18)25(27)28/h1-3,5-12H,4,13,15-16H2,(H,23,26,29)/b12-9+. The van der Waals surface area contributed by atoms with Crippen LogP contribution in [0.4, 0.5) is 5.69 Å². The van der Waals surface area contributed by atoms with Gasteiger partial charge in [-0.05, 0) is 48.0 Å². The number of benzene rings is 2. The lowest BCUT2D eigenvalue weighted by molar-refractivity contribution is -0.384. The van der Waals surface area contributed by atoms with Crippen molar-refractivity contribution in [2.45, 2.75) is 12.8 Å². The Morgan fingerprint density at radius 2 is 1.86 bits per heavy atom. The first kappa shape index (κ1) is 21.7. The highest BCUT2D eigenvalue weighted by Crippen LogP contribution is 2.12. The first-order chi connectivity index (χ1) is 14.0. The predicted octanol–water partition coefficient (Wildman–Crippen LogP) is 3.47. The van der Waals surface area contributed by atoms with E-state index in [-0.39, 0.29) is 10.8 Å². The molecule has 0 bridgehead atoms. The van der Waals surface area contributed by atoms with Crippen molar-refractivity contribution in [3.8, 4) is 6.07 Å². The molecule has 1 N–H and O–H groups in total. The van der Waals surface area contributed by atoms with Gasteiger partial charge in [0.05, 0.1) is 17.4 Å². The smallest absolute Gasteiger partial charge is 0.269 e. The van der Waals surface area contributed by atoms with E-state index in [0.717, 1.165) is 12.0 Å². The van der Waals surface area contributed by atoms with Gasteiger partial charge in [0.2, 0.25) is 5.91 Å². The van der Waals surface area contributed by atoms with Crippen LogP contribution >= 0.6 is 12.2 Å². The van der Waals surface area contributed by atoms with Gasteiger partial charge in [-0.25, -0.2) is 0 Å². The van der Waals surface area contributed by atoms with Gasteiger partial charge in [0.25, 0.3) is 5.69 Å². The Morgan fingerprint density at radius 3 is 2.48 bits per heavy atom. The van der Waals surface area contributed by atoms with Crippen molar-refractivity contribution in [2.75, 3.05) is 13.1 Å². The first-order valence-electron chi connectivity index (χ1n) is 8.93. The monoisotopic (exact) mass is 408 g/mol. The van der Waals surface area contributed by atoms with E-state index in [1.165, 1.54) is 18.2 Å². The molecule has 0 saturated carbocycles. The topological polar surface area (TPSA) is 99.3 Å². The van der Waals surface area contributed by atoms with E-state index in [1.54, 1.807) is 23.1 Å². The number of nitro benzene ring substituents is 1. The number of nitrogens with zero attached hydrogens (tertiary/aromatic N) is 3. The fraction of sp³-hybridized carbons (Fsp3) is 0.190. The van der Waals surface area contributed by atoms with Gasteiger partial charge in [-0.2, -0.15) is 5.26 Å². The largest absolute Gasteiger partial charge is 0.348 e. The summed E-state index contributed by atoms with van der Waals surface area (Å²) in [5.74, 6) is -0.407. The highest BCUT2D eigenvalue weighted by atomic mass is 32.1. The van der Waals surface area contributed by atoms with Crippen LogP contribution in [0.25, 0.3) is 6.08 Å². The molecular weight excluding hydrogens is 388 g/mol. The number of nitriles is 1. The summed E-state index contributed by atoms with van der Waals surface area (Å²) in [6.07, 6.45) is 3.89. The number of nitro groups is 1. The van der Waals surface area contributed by atoms with Gasteiger partial charge in [0, 0.05) is 31.3 Å². The predicted molar refractivity (Wildman–Crippen MR) is 115 cm³/mol.